The van der Waals surface area contributed by atoms with Gasteiger partial charge in [-0.15, -0.1) is 0 Å². The molecule has 74 valence electrons. The third kappa shape index (κ3) is 1.66. The van der Waals surface area contributed by atoms with Crippen molar-refractivity contribution in [2.75, 3.05) is 7.05 Å². The second-order valence-electron chi connectivity index (χ2n) is 3.71. The molecule has 2 amide bonds. The minimum Gasteiger partial charge on any atom is -0.344 e. The largest absolute Gasteiger partial charge is 0.344 e. The summed E-state index contributed by atoms with van der Waals surface area (Å²) in [5, 5.41) is 2.67. The molecule has 1 aliphatic rings. The zero-order chi connectivity index (χ0) is 10.2. The van der Waals surface area contributed by atoms with Crippen molar-refractivity contribution < 1.29 is 9.59 Å². The van der Waals surface area contributed by atoms with Gasteiger partial charge in [-0.25, -0.2) is 0 Å². The van der Waals surface area contributed by atoms with E-state index >= 15 is 0 Å². The zero-order valence-corrected chi connectivity index (χ0v) is 8.50. The van der Waals surface area contributed by atoms with Crippen LogP contribution in [0.4, 0.5) is 0 Å². The van der Waals surface area contributed by atoms with Gasteiger partial charge < -0.3 is 10.2 Å². The first kappa shape index (κ1) is 10.0. The molecule has 0 spiro atoms. The van der Waals surface area contributed by atoms with Gasteiger partial charge in [0.05, 0.1) is 5.92 Å². The van der Waals surface area contributed by atoms with Crippen LogP contribution in [-0.4, -0.2) is 35.8 Å². The minimum atomic E-state index is -0.398. The Morgan fingerprint density at radius 3 is 2.31 bits per heavy atom. The molecule has 4 nitrogen and oxygen atoms in total. The van der Waals surface area contributed by atoms with E-state index < -0.39 is 6.04 Å². The molecule has 0 aromatic carbocycles. The molecule has 0 bridgehead atoms. The molecule has 0 radical (unpaired) electrons. The van der Waals surface area contributed by atoms with Crippen LogP contribution in [0.25, 0.3) is 0 Å². The van der Waals surface area contributed by atoms with Gasteiger partial charge in [0, 0.05) is 13.1 Å². The monoisotopic (exact) mass is 184 g/mol. The van der Waals surface area contributed by atoms with Gasteiger partial charge in [-0.1, -0.05) is 6.92 Å². The van der Waals surface area contributed by atoms with Gasteiger partial charge in [0.2, 0.25) is 11.8 Å². The molecular formula is C9H16N2O2. The number of carbonyl (C=O) groups is 2. The molecule has 1 rings (SSSR count). The Labute approximate surface area is 78.3 Å². The second kappa shape index (κ2) is 3.36. The highest BCUT2D eigenvalue weighted by molar-refractivity contribution is 5.90. The van der Waals surface area contributed by atoms with Crippen LogP contribution in [-0.2, 0) is 9.59 Å². The Morgan fingerprint density at radius 2 is 1.77 bits per heavy atom. The average Bonchev–Trinajstić information content (AvgIpc) is 2.15. The molecule has 1 aliphatic heterocycles. The van der Waals surface area contributed by atoms with Crippen molar-refractivity contribution >= 4 is 11.8 Å². The molecule has 4 heteroatoms. The SMILES string of the molecule is CC1NC(=O)C(C)C(C)N(C)C1=O. The van der Waals surface area contributed by atoms with E-state index in [4.69, 9.17) is 0 Å². The van der Waals surface area contributed by atoms with Gasteiger partial charge in [-0.2, -0.15) is 0 Å². The molecule has 1 saturated heterocycles. The summed E-state index contributed by atoms with van der Waals surface area (Å²) in [6.07, 6.45) is 0. The maximum absolute atomic E-state index is 11.6. The van der Waals surface area contributed by atoms with Crippen LogP contribution in [0, 0.1) is 5.92 Å². The number of nitrogens with zero attached hydrogens (tertiary/aromatic N) is 1. The van der Waals surface area contributed by atoms with E-state index in [0.717, 1.165) is 0 Å². The lowest BCUT2D eigenvalue weighted by Gasteiger charge is -2.25. The van der Waals surface area contributed by atoms with Crippen molar-refractivity contribution in [3.05, 3.63) is 0 Å². The molecule has 1 heterocycles. The standard InChI is InChI=1S/C9H16N2O2/c1-5-7(3)11(4)9(13)6(2)10-8(5)12/h5-7H,1-4H3,(H,10,12). The number of rotatable bonds is 0. The fourth-order valence-electron chi connectivity index (χ4n) is 1.47. The van der Waals surface area contributed by atoms with E-state index in [0.29, 0.717) is 0 Å². The Balaban J connectivity index is 2.92. The first-order valence-electron chi connectivity index (χ1n) is 4.52. The Bertz CT molecular complexity index is 240. The van der Waals surface area contributed by atoms with Crippen molar-refractivity contribution in [2.45, 2.75) is 32.9 Å². The topological polar surface area (TPSA) is 49.4 Å². The fraction of sp³-hybridized carbons (Fsp3) is 0.778. The van der Waals surface area contributed by atoms with E-state index in [1.807, 2.05) is 13.8 Å². The molecule has 0 aromatic heterocycles. The van der Waals surface area contributed by atoms with Gasteiger partial charge in [0.25, 0.3) is 0 Å². The summed E-state index contributed by atoms with van der Waals surface area (Å²) < 4.78 is 0. The summed E-state index contributed by atoms with van der Waals surface area (Å²) in [6.45, 7) is 5.43. The van der Waals surface area contributed by atoms with Crippen molar-refractivity contribution in [1.29, 1.82) is 0 Å². The molecule has 0 aromatic rings. The van der Waals surface area contributed by atoms with Gasteiger partial charge in [0.15, 0.2) is 0 Å². The lowest BCUT2D eigenvalue weighted by atomic mass is 10.0. The summed E-state index contributed by atoms with van der Waals surface area (Å²) in [5.74, 6) is -0.207. The van der Waals surface area contributed by atoms with Crippen molar-refractivity contribution in [3.8, 4) is 0 Å². The van der Waals surface area contributed by atoms with Crippen LogP contribution in [0.3, 0.4) is 0 Å². The minimum absolute atomic E-state index is 0.0230. The van der Waals surface area contributed by atoms with E-state index in [-0.39, 0.29) is 23.8 Å². The predicted octanol–water partition coefficient (Wildman–Crippen LogP) is -0.0123. The normalized spacial score (nSPS) is 35.7. The summed E-state index contributed by atoms with van der Waals surface area (Å²) in [7, 11) is 1.74. The summed E-state index contributed by atoms with van der Waals surface area (Å²) in [6, 6.07) is -0.428. The van der Waals surface area contributed by atoms with Gasteiger partial charge in [-0.3, -0.25) is 9.59 Å². The number of hydrogen-bond acceptors (Lipinski definition) is 2. The van der Waals surface area contributed by atoms with Crippen LogP contribution < -0.4 is 5.32 Å². The Hall–Kier alpha value is -1.06. The third-order valence-electron chi connectivity index (χ3n) is 2.82. The molecule has 1 N–H and O–H groups in total. The molecule has 13 heavy (non-hydrogen) atoms. The summed E-state index contributed by atoms with van der Waals surface area (Å²) >= 11 is 0. The highest BCUT2D eigenvalue weighted by Crippen LogP contribution is 2.14. The number of hydrogen-bond donors (Lipinski definition) is 1. The Kier molecular flexibility index (Phi) is 2.59. The van der Waals surface area contributed by atoms with E-state index in [1.54, 1.807) is 18.9 Å². The van der Waals surface area contributed by atoms with Crippen LogP contribution >= 0.6 is 0 Å². The third-order valence-corrected chi connectivity index (χ3v) is 2.82. The highest BCUT2D eigenvalue weighted by Gasteiger charge is 2.33. The van der Waals surface area contributed by atoms with E-state index in [1.165, 1.54) is 0 Å². The smallest absolute Gasteiger partial charge is 0.244 e. The first-order valence-corrected chi connectivity index (χ1v) is 4.52. The molecule has 1 fully saturated rings. The van der Waals surface area contributed by atoms with Crippen molar-refractivity contribution in [2.24, 2.45) is 5.92 Å². The van der Waals surface area contributed by atoms with Gasteiger partial charge >= 0.3 is 0 Å². The van der Waals surface area contributed by atoms with Crippen LogP contribution in [0.15, 0.2) is 0 Å². The lowest BCUT2D eigenvalue weighted by Crippen LogP contribution is -2.42. The molecule has 0 aliphatic carbocycles. The quantitative estimate of drug-likeness (QED) is 0.575. The highest BCUT2D eigenvalue weighted by atomic mass is 16.2. The fourth-order valence-corrected chi connectivity index (χ4v) is 1.47. The molecular weight excluding hydrogens is 168 g/mol. The van der Waals surface area contributed by atoms with Crippen LogP contribution in [0.1, 0.15) is 20.8 Å². The number of carbonyl (C=O) groups excluding carboxylic acids is 2. The van der Waals surface area contributed by atoms with E-state index in [9.17, 15) is 9.59 Å². The average molecular weight is 184 g/mol. The van der Waals surface area contributed by atoms with Crippen LogP contribution in [0.2, 0.25) is 0 Å². The summed E-state index contributed by atoms with van der Waals surface area (Å²) in [4.78, 5) is 24.6. The Morgan fingerprint density at radius 1 is 1.23 bits per heavy atom. The predicted molar refractivity (Wildman–Crippen MR) is 49.0 cm³/mol. The zero-order valence-electron chi connectivity index (χ0n) is 8.50. The number of likely N-dealkylation sites (N-methyl/N-ethyl adjacent to an activating group) is 1. The van der Waals surface area contributed by atoms with Gasteiger partial charge in [0.1, 0.15) is 6.04 Å². The number of amides is 2. The van der Waals surface area contributed by atoms with Crippen molar-refractivity contribution in [1.82, 2.24) is 10.2 Å². The molecule has 0 saturated carbocycles. The van der Waals surface area contributed by atoms with Crippen LogP contribution in [0.5, 0.6) is 0 Å². The number of nitrogens with one attached hydrogen (secondary N) is 1. The summed E-state index contributed by atoms with van der Waals surface area (Å²) in [5.41, 5.74) is 0. The maximum atomic E-state index is 11.6. The van der Waals surface area contributed by atoms with Crippen molar-refractivity contribution in [3.63, 3.8) is 0 Å². The lowest BCUT2D eigenvalue weighted by molar-refractivity contribution is -0.133. The molecule has 3 unspecified atom stereocenters. The van der Waals surface area contributed by atoms with E-state index in [2.05, 4.69) is 5.32 Å². The van der Waals surface area contributed by atoms with Gasteiger partial charge in [-0.05, 0) is 13.8 Å². The maximum Gasteiger partial charge on any atom is 0.244 e. The molecule has 3 atom stereocenters. The second-order valence-corrected chi connectivity index (χ2v) is 3.71. The first-order chi connectivity index (χ1) is 5.95.